The second kappa shape index (κ2) is 7.30. The van der Waals surface area contributed by atoms with Crippen LogP contribution in [-0.4, -0.2) is 27.5 Å². The maximum absolute atomic E-state index is 12.8. The van der Waals surface area contributed by atoms with E-state index in [1.165, 1.54) is 5.56 Å². The fourth-order valence-corrected chi connectivity index (χ4v) is 2.61. The van der Waals surface area contributed by atoms with Gasteiger partial charge in [0.05, 0.1) is 0 Å². The van der Waals surface area contributed by atoms with Crippen LogP contribution in [0.4, 0.5) is 0 Å². The van der Waals surface area contributed by atoms with Crippen LogP contribution in [0.3, 0.4) is 0 Å². The number of hydrogen-bond donors (Lipinski definition) is 0. The van der Waals surface area contributed by atoms with Gasteiger partial charge in [-0.05, 0) is 32.4 Å². The maximum atomic E-state index is 12.8. The van der Waals surface area contributed by atoms with Gasteiger partial charge in [0.1, 0.15) is 6.54 Å². The van der Waals surface area contributed by atoms with Crippen LogP contribution in [0.2, 0.25) is 0 Å². The van der Waals surface area contributed by atoms with Gasteiger partial charge in [0.2, 0.25) is 11.7 Å². The highest BCUT2D eigenvalue weighted by atomic mass is 16.5. The molecule has 0 aliphatic rings. The first-order valence-electron chi connectivity index (χ1n) is 8.33. The number of carbonyl (C=O) groups is 1. The maximum Gasteiger partial charge on any atom is 0.254 e. The molecule has 128 valence electrons. The summed E-state index contributed by atoms with van der Waals surface area (Å²) < 4.78 is 5.34. The lowest BCUT2D eigenvalue weighted by Gasteiger charge is -2.19. The van der Waals surface area contributed by atoms with E-state index < -0.39 is 0 Å². The highest BCUT2D eigenvalue weighted by Crippen LogP contribution is 2.18. The SMILES string of the molecule is CCN(Cc1nc(-c2ccc(C)cc2)no1)C(=O)c1ccccc1C. The molecule has 1 amide bonds. The van der Waals surface area contributed by atoms with Crippen molar-refractivity contribution in [3.63, 3.8) is 0 Å². The minimum absolute atomic E-state index is 0.0318. The lowest BCUT2D eigenvalue weighted by atomic mass is 10.1. The number of aromatic nitrogens is 2. The standard InChI is InChI=1S/C20H21N3O2/c1-4-23(20(24)17-8-6-5-7-15(17)3)13-18-21-19(22-25-18)16-11-9-14(2)10-12-16/h5-12H,4,13H2,1-3H3. The predicted molar refractivity (Wildman–Crippen MR) is 96.1 cm³/mol. The molecule has 1 aromatic heterocycles. The Balaban J connectivity index is 1.77. The normalized spacial score (nSPS) is 10.7. The van der Waals surface area contributed by atoms with Crippen LogP contribution in [0.25, 0.3) is 11.4 Å². The van der Waals surface area contributed by atoms with Crippen LogP contribution >= 0.6 is 0 Å². The van der Waals surface area contributed by atoms with Gasteiger partial charge in [0, 0.05) is 17.7 Å². The third-order valence-corrected chi connectivity index (χ3v) is 4.15. The Hall–Kier alpha value is -2.95. The van der Waals surface area contributed by atoms with E-state index in [9.17, 15) is 4.79 Å². The van der Waals surface area contributed by atoms with Crippen molar-refractivity contribution in [1.29, 1.82) is 0 Å². The van der Waals surface area contributed by atoms with Gasteiger partial charge in [-0.15, -0.1) is 0 Å². The average molecular weight is 335 g/mol. The molecular weight excluding hydrogens is 314 g/mol. The third-order valence-electron chi connectivity index (χ3n) is 4.15. The summed E-state index contributed by atoms with van der Waals surface area (Å²) in [5, 5.41) is 4.03. The fraction of sp³-hybridized carbons (Fsp3) is 0.250. The van der Waals surface area contributed by atoms with Gasteiger partial charge in [-0.3, -0.25) is 4.79 Å². The summed E-state index contributed by atoms with van der Waals surface area (Å²) >= 11 is 0. The Morgan fingerprint density at radius 2 is 1.80 bits per heavy atom. The molecule has 25 heavy (non-hydrogen) atoms. The van der Waals surface area contributed by atoms with Crippen LogP contribution in [-0.2, 0) is 6.54 Å². The molecule has 0 N–H and O–H groups in total. The number of rotatable bonds is 5. The summed E-state index contributed by atoms with van der Waals surface area (Å²) in [6, 6.07) is 15.5. The van der Waals surface area contributed by atoms with Crippen molar-refractivity contribution in [1.82, 2.24) is 15.0 Å². The topological polar surface area (TPSA) is 59.2 Å². The number of hydrogen-bond acceptors (Lipinski definition) is 4. The molecule has 0 saturated carbocycles. The lowest BCUT2D eigenvalue weighted by molar-refractivity contribution is 0.0734. The zero-order valence-corrected chi connectivity index (χ0v) is 14.7. The van der Waals surface area contributed by atoms with E-state index in [0.717, 1.165) is 11.1 Å². The minimum atomic E-state index is -0.0318. The van der Waals surface area contributed by atoms with Crippen LogP contribution in [0.1, 0.15) is 34.3 Å². The fourth-order valence-electron chi connectivity index (χ4n) is 2.61. The molecule has 5 heteroatoms. The average Bonchev–Trinajstić information content (AvgIpc) is 3.09. The highest BCUT2D eigenvalue weighted by Gasteiger charge is 2.19. The predicted octanol–water partition coefficient (Wildman–Crippen LogP) is 4.02. The quantitative estimate of drug-likeness (QED) is 0.707. The van der Waals surface area contributed by atoms with Gasteiger partial charge in [0.25, 0.3) is 5.91 Å². The van der Waals surface area contributed by atoms with E-state index in [1.807, 2.05) is 69.3 Å². The molecule has 1 heterocycles. The van der Waals surface area contributed by atoms with E-state index >= 15 is 0 Å². The third kappa shape index (κ3) is 3.76. The molecule has 3 aromatic rings. The lowest BCUT2D eigenvalue weighted by Crippen LogP contribution is -2.30. The molecule has 3 rings (SSSR count). The summed E-state index contributed by atoms with van der Waals surface area (Å²) in [5.41, 5.74) is 3.72. The van der Waals surface area contributed by atoms with Crippen molar-refractivity contribution in [3.8, 4) is 11.4 Å². The number of aryl methyl sites for hydroxylation is 2. The Morgan fingerprint density at radius 3 is 2.48 bits per heavy atom. The Bertz CT molecular complexity index is 869. The van der Waals surface area contributed by atoms with Gasteiger partial charge in [-0.1, -0.05) is 53.2 Å². The van der Waals surface area contributed by atoms with Gasteiger partial charge < -0.3 is 9.42 Å². The largest absolute Gasteiger partial charge is 0.337 e. The van der Waals surface area contributed by atoms with Crippen molar-refractivity contribution < 1.29 is 9.32 Å². The van der Waals surface area contributed by atoms with Crippen molar-refractivity contribution in [2.75, 3.05) is 6.54 Å². The number of carbonyl (C=O) groups excluding carboxylic acids is 1. The molecule has 0 saturated heterocycles. The van der Waals surface area contributed by atoms with E-state index in [4.69, 9.17) is 4.52 Å². The zero-order chi connectivity index (χ0) is 17.8. The summed E-state index contributed by atoms with van der Waals surface area (Å²) in [6.45, 7) is 6.76. The summed E-state index contributed by atoms with van der Waals surface area (Å²) in [5.74, 6) is 0.935. The Morgan fingerprint density at radius 1 is 1.08 bits per heavy atom. The van der Waals surface area contributed by atoms with Crippen LogP contribution in [0.5, 0.6) is 0 Å². The Kier molecular flexibility index (Phi) is 4.93. The van der Waals surface area contributed by atoms with Gasteiger partial charge in [-0.25, -0.2) is 0 Å². The number of nitrogens with zero attached hydrogens (tertiary/aromatic N) is 3. The van der Waals surface area contributed by atoms with Gasteiger partial charge in [0.15, 0.2) is 0 Å². The van der Waals surface area contributed by atoms with Gasteiger partial charge >= 0.3 is 0 Å². The monoisotopic (exact) mass is 335 g/mol. The van der Waals surface area contributed by atoms with Crippen molar-refractivity contribution in [2.24, 2.45) is 0 Å². The first kappa shape index (κ1) is 16.9. The molecule has 0 fully saturated rings. The van der Waals surface area contributed by atoms with E-state index in [-0.39, 0.29) is 5.91 Å². The molecule has 0 unspecified atom stereocenters. The van der Waals surface area contributed by atoms with Crippen LogP contribution in [0.15, 0.2) is 53.1 Å². The number of amides is 1. The first-order chi connectivity index (χ1) is 12.1. The summed E-state index contributed by atoms with van der Waals surface area (Å²) in [6.07, 6.45) is 0. The second-order valence-corrected chi connectivity index (χ2v) is 6.01. The van der Waals surface area contributed by atoms with E-state index in [1.54, 1.807) is 4.90 Å². The molecular formula is C20H21N3O2. The summed E-state index contributed by atoms with van der Waals surface area (Å²) in [4.78, 5) is 18.9. The summed E-state index contributed by atoms with van der Waals surface area (Å²) in [7, 11) is 0. The number of benzene rings is 2. The van der Waals surface area contributed by atoms with Crippen LogP contribution < -0.4 is 0 Å². The molecule has 0 aliphatic heterocycles. The molecule has 0 radical (unpaired) electrons. The highest BCUT2D eigenvalue weighted by molar-refractivity contribution is 5.95. The Labute approximate surface area is 147 Å². The van der Waals surface area contributed by atoms with Crippen molar-refractivity contribution in [2.45, 2.75) is 27.3 Å². The van der Waals surface area contributed by atoms with E-state index in [0.29, 0.717) is 30.4 Å². The second-order valence-electron chi connectivity index (χ2n) is 6.01. The smallest absolute Gasteiger partial charge is 0.254 e. The minimum Gasteiger partial charge on any atom is -0.337 e. The van der Waals surface area contributed by atoms with Gasteiger partial charge in [-0.2, -0.15) is 4.98 Å². The molecule has 5 nitrogen and oxygen atoms in total. The van der Waals surface area contributed by atoms with Crippen molar-refractivity contribution >= 4 is 5.91 Å². The van der Waals surface area contributed by atoms with Crippen LogP contribution in [0, 0.1) is 13.8 Å². The molecule has 0 bridgehead atoms. The first-order valence-corrected chi connectivity index (χ1v) is 8.33. The molecule has 0 atom stereocenters. The molecule has 2 aromatic carbocycles. The molecule has 0 aliphatic carbocycles. The van der Waals surface area contributed by atoms with Crippen molar-refractivity contribution in [3.05, 3.63) is 71.1 Å². The van der Waals surface area contributed by atoms with E-state index in [2.05, 4.69) is 10.1 Å². The zero-order valence-electron chi connectivity index (χ0n) is 14.7. The molecule has 0 spiro atoms.